The van der Waals surface area contributed by atoms with Gasteiger partial charge in [-0.1, -0.05) is 6.07 Å². The van der Waals surface area contributed by atoms with Crippen molar-refractivity contribution in [2.75, 3.05) is 13.7 Å². The van der Waals surface area contributed by atoms with Gasteiger partial charge in [-0.25, -0.2) is 13.1 Å². The number of hydrogen-bond acceptors (Lipinski definition) is 3. The van der Waals surface area contributed by atoms with E-state index in [1.807, 2.05) is 33.8 Å². The molecule has 0 spiro atoms. The van der Waals surface area contributed by atoms with Crippen molar-refractivity contribution in [1.82, 2.24) is 4.72 Å². The Morgan fingerprint density at radius 3 is 2.05 bits per heavy atom. The third-order valence-corrected chi connectivity index (χ3v) is 5.20. The average Bonchev–Trinajstić information content (AvgIpc) is 2.25. The highest BCUT2D eigenvalue weighted by molar-refractivity contribution is 7.89. The third-order valence-electron chi connectivity index (χ3n) is 3.34. The van der Waals surface area contributed by atoms with Gasteiger partial charge in [-0.15, -0.1) is 0 Å². The van der Waals surface area contributed by atoms with E-state index >= 15 is 0 Å². The highest BCUT2D eigenvalue weighted by Gasteiger charge is 2.23. The van der Waals surface area contributed by atoms with Gasteiger partial charge in [-0.2, -0.15) is 0 Å². The number of ether oxygens (including phenoxy) is 1. The lowest BCUT2D eigenvalue weighted by molar-refractivity contribution is 0.180. The van der Waals surface area contributed by atoms with Crippen molar-refractivity contribution in [3.8, 4) is 0 Å². The first-order chi connectivity index (χ1) is 8.70. The minimum Gasteiger partial charge on any atom is -0.383 e. The Labute approximate surface area is 116 Å². The van der Waals surface area contributed by atoms with Crippen molar-refractivity contribution < 1.29 is 13.2 Å². The first-order valence-electron chi connectivity index (χ1n) is 6.29. The molecule has 0 aromatic heterocycles. The molecule has 1 N–H and O–H groups in total. The van der Waals surface area contributed by atoms with Crippen molar-refractivity contribution in [3.63, 3.8) is 0 Å². The predicted octanol–water partition coefficient (Wildman–Crippen LogP) is 2.23. The maximum Gasteiger partial charge on any atom is 0.241 e. The quantitative estimate of drug-likeness (QED) is 0.902. The average molecular weight is 285 g/mol. The summed E-state index contributed by atoms with van der Waals surface area (Å²) in [5.41, 5.74) is 3.59. The van der Waals surface area contributed by atoms with Crippen LogP contribution in [-0.2, 0) is 14.8 Å². The van der Waals surface area contributed by atoms with Crippen LogP contribution in [0.1, 0.15) is 29.2 Å². The molecule has 0 amide bonds. The maximum absolute atomic E-state index is 12.5. The monoisotopic (exact) mass is 285 g/mol. The molecular formula is C14H23NO3S. The van der Waals surface area contributed by atoms with Crippen LogP contribution in [0.25, 0.3) is 0 Å². The summed E-state index contributed by atoms with van der Waals surface area (Å²) in [5, 5.41) is 0. The number of rotatable bonds is 5. The van der Waals surface area contributed by atoms with Gasteiger partial charge in [0, 0.05) is 13.2 Å². The van der Waals surface area contributed by atoms with Crippen molar-refractivity contribution in [1.29, 1.82) is 0 Å². The van der Waals surface area contributed by atoms with E-state index < -0.39 is 10.0 Å². The molecular weight excluding hydrogens is 262 g/mol. The molecule has 0 unspecified atom stereocenters. The first-order valence-corrected chi connectivity index (χ1v) is 7.77. The Morgan fingerprint density at radius 1 is 1.16 bits per heavy atom. The summed E-state index contributed by atoms with van der Waals surface area (Å²) < 4.78 is 32.6. The number of sulfonamides is 1. The summed E-state index contributed by atoms with van der Waals surface area (Å²) in [6.45, 7) is 9.68. The van der Waals surface area contributed by atoms with Gasteiger partial charge >= 0.3 is 0 Å². The van der Waals surface area contributed by atoms with E-state index in [1.165, 1.54) is 0 Å². The zero-order chi connectivity index (χ0) is 14.8. The predicted molar refractivity (Wildman–Crippen MR) is 77.0 cm³/mol. The lowest BCUT2D eigenvalue weighted by atomic mass is 10.0. The molecule has 19 heavy (non-hydrogen) atoms. The molecule has 4 nitrogen and oxygen atoms in total. The third kappa shape index (κ3) is 3.55. The zero-order valence-electron chi connectivity index (χ0n) is 12.5. The fraction of sp³-hybridized carbons (Fsp3) is 0.571. The van der Waals surface area contributed by atoms with Crippen molar-refractivity contribution in [2.45, 2.75) is 45.6 Å². The molecule has 0 aliphatic carbocycles. The standard InChI is InChI=1S/C14H23NO3S/c1-9-7-10(2)13(5)14(12(9)4)19(16,17)15-11(3)8-18-6/h7,11,15H,8H2,1-6H3/t11-/m0/s1. The molecule has 0 aliphatic heterocycles. The summed E-state index contributed by atoms with van der Waals surface area (Å²) in [6, 6.07) is 1.76. The van der Waals surface area contributed by atoms with Crippen molar-refractivity contribution in [2.24, 2.45) is 0 Å². The Morgan fingerprint density at radius 2 is 1.63 bits per heavy atom. The van der Waals surface area contributed by atoms with Crippen LogP contribution in [0.2, 0.25) is 0 Å². The van der Waals surface area contributed by atoms with Gasteiger partial charge < -0.3 is 4.74 Å². The Kier molecular flexibility index (Phi) is 5.12. The fourth-order valence-electron chi connectivity index (χ4n) is 2.19. The van der Waals surface area contributed by atoms with Crippen LogP contribution in [0.5, 0.6) is 0 Å². The Balaban J connectivity index is 3.29. The van der Waals surface area contributed by atoms with Gasteiger partial charge in [0.1, 0.15) is 0 Å². The molecule has 0 radical (unpaired) electrons. The minimum absolute atomic E-state index is 0.255. The highest BCUT2D eigenvalue weighted by atomic mass is 32.2. The molecule has 1 aromatic carbocycles. The molecule has 108 valence electrons. The minimum atomic E-state index is -3.52. The normalized spacial score (nSPS) is 13.6. The smallest absolute Gasteiger partial charge is 0.241 e. The zero-order valence-corrected chi connectivity index (χ0v) is 13.3. The van der Waals surface area contributed by atoms with Gasteiger partial charge in [0.25, 0.3) is 0 Å². The van der Waals surface area contributed by atoms with E-state index in [1.54, 1.807) is 14.0 Å². The second-order valence-corrected chi connectivity index (χ2v) is 6.72. The van der Waals surface area contributed by atoms with Crippen LogP contribution < -0.4 is 4.72 Å². The van der Waals surface area contributed by atoms with Crippen LogP contribution >= 0.6 is 0 Å². The van der Waals surface area contributed by atoms with Crippen LogP contribution in [0, 0.1) is 27.7 Å². The maximum atomic E-state index is 12.5. The van der Waals surface area contributed by atoms with Gasteiger partial charge in [0.15, 0.2) is 0 Å². The molecule has 1 rings (SSSR count). The summed E-state index contributed by atoms with van der Waals surface area (Å²) in [7, 11) is -1.96. The summed E-state index contributed by atoms with van der Waals surface area (Å²) in [4.78, 5) is 0.396. The van der Waals surface area contributed by atoms with Crippen molar-refractivity contribution in [3.05, 3.63) is 28.3 Å². The molecule has 0 saturated carbocycles. The summed E-state index contributed by atoms with van der Waals surface area (Å²) in [6.07, 6.45) is 0. The van der Waals surface area contributed by atoms with Gasteiger partial charge in [0.2, 0.25) is 10.0 Å². The molecule has 0 fully saturated rings. The van der Waals surface area contributed by atoms with E-state index in [4.69, 9.17) is 4.74 Å². The number of methoxy groups -OCH3 is 1. The topological polar surface area (TPSA) is 55.4 Å². The summed E-state index contributed by atoms with van der Waals surface area (Å²) >= 11 is 0. The molecule has 0 bridgehead atoms. The molecule has 0 heterocycles. The second-order valence-electron chi connectivity index (χ2n) is 5.07. The van der Waals surface area contributed by atoms with Crippen LogP contribution in [0.4, 0.5) is 0 Å². The molecule has 0 aliphatic rings. The van der Waals surface area contributed by atoms with E-state index in [0.29, 0.717) is 11.5 Å². The van der Waals surface area contributed by atoms with E-state index in [-0.39, 0.29) is 6.04 Å². The lowest BCUT2D eigenvalue weighted by Crippen LogP contribution is -2.36. The first kappa shape index (κ1) is 16.1. The Hall–Kier alpha value is -0.910. The summed E-state index contributed by atoms with van der Waals surface area (Å²) in [5.74, 6) is 0. The molecule has 5 heteroatoms. The second kappa shape index (κ2) is 6.03. The van der Waals surface area contributed by atoms with E-state index in [0.717, 1.165) is 22.3 Å². The molecule has 0 saturated heterocycles. The molecule has 1 aromatic rings. The number of hydrogen-bond donors (Lipinski definition) is 1. The SMILES string of the molecule is COC[C@H](C)NS(=O)(=O)c1c(C)c(C)cc(C)c1C. The van der Waals surface area contributed by atoms with E-state index in [9.17, 15) is 8.42 Å². The lowest BCUT2D eigenvalue weighted by Gasteiger charge is -2.18. The number of nitrogens with one attached hydrogen (secondary N) is 1. The van der Waals surface area contributed by atoms with Crippen LogP contribution in [-0.4, -0.2) is 28.2 Å². The van der Waals surface area contributed by atoms with Gasteiger partial charge in [-0.05, 0) is 56.9 Å². The van der Waals surface area contributed by atoms with Crippen molar-refractivity contribution >= 4 is 10.0 Å². The number of benzene rings is 1. The van der Waals surface area contributed by atoms with Gasteiger partial charge in [-0.3, -0.25) is 0 Å². The van der Waals surface area contributed by atoms with Crippen LogP contribution in [0.3, 0.4) is 0 Å². The Bertz CT molecular complexity index is 538. The van der Waals surface area contributed by atoms with E-state index in [2.05, 4.69) is 4.72 Å². The molecule has 1 atom stereocenters. The fourth-order valence-corrected chi connectivity index (χ4v) is 4.04. The van der Waals surface area contributed by atoms with Gasteiger partial charge in [0.05, 0.1) is 11.5 Å². The highest BCUT2D eigenvalue weighted by Crippen LogP contribution is 2.26. The largest absolute Gasteiger partial charge is 0.383 e. The number of aryl methyl sites for hydroxylation is 2. The van der Waals surface area contributed by atoms with Crippen LogP contribution in [0.15, 0.2) is 11.0 Å².